The molecule has 0 saturated heterocycles. The monoisotopic (exact) mass is 797 g/mol. The zero-order valence-corrected chi connectivity index (χ0v) is 38.4. The molecule has 0 heterocycles. The van der Waals surface area contributed by atoms with Gasteiger partial charge < -0.3 is 25.1 Å². The van der Waals surface area contributed by atoms with Crippen LogP contribution in [0.15, 0.2) is 72.8 Å². The number of nitrogens with zero attached hydrogens (tertiary/aromatic N) is 3. The maximum Gasteiger partial charge on any atom is 0.227 e. The lowest BCUT2D eigenvalue weighted by Crippen LogP contribution is -2.45. The van der Waals surface area contributed by atoms with E-state index in [0.29, 0.717) is 6.54 Å². The highest BCUT2D eigenvalue weighted by Crippen LogP contribution is 2.39. The predicted molar refractivity (Wildman–Crippen MR) is 253 cm³/mol. The second kappa shape index (κ2) is 26.6. The summed E-state index contributed by atoms with van der Waals surface area (Å²) in [6, 6.07) is 25.1. The van der Waals surface area contributed by atoms with Crippen LogP contribution in [0.3, 0.4) is 0 Å². The minimum absolute atomic E-state index is 0.110. The number of unbranched alkanes of at least 4 members (excludes halogenated alkanes) is 15. The molecule has 0 aliphatic carbocycles. The topological polar surface area (TPSA) is 59.1 Å². The second-order valence-electron chi connectivity index (χ2n) is 17.2. The molecule has 0 aliphatic rings. The number of benzene rings is 3. The lowest BCUT2D eigenvalue weighted by atomic mass is 9.80. The minimum atomic E-state index is -1.34. The van der Waals surface area contributed by atoms with Crippen LogP contribution in [0.2, 0.25) is 0 Å². The van der Waals surface area contributed by atoms with Gasteiger partial charge in [-0.2, -0.15) is 0 Å². The molecular weight excluding hydrogens is 713 g/mol. The number of hydrogen-bond donors (Lipinski definition) is 2. The molecule has 324 valence electrons. The van der Waals surface area contributed by atoms with Crippen LogP contribution >= 0.6 is 0 Å². The van der Waals surface area contributed by atoms with Crippen molar-refractivity contribution < 1.29 is 9.90 Å². The fraction of sp³-hybridized carbons (Fsp3) is 0.635. The first kappa shape index (κ1) is 48.9. The van der Waals surface area contributed by atoms with Crippen molar-refractivity contribution in [3.63, 3.8) is 0 Å². The minimum Gasteiger partial charge on any atom is -0.376 e. The quantitative estimate of drug-likeness (QED) is 0.0502. The van der Waals surface area contributed by atoms with Crippen molar-refractivity contribution >= 4 is 23.0 Å². The van der Waals surface area contributed by atoms with Crippen LogP contribution in [0.4, 0.5) is 17.1 Å². The van der Waals surface area contributed by atoms with Crippen molar-refractivity contribution in [1.29, 1.82) is 0 Å². The van der Waals surface area contributed by atoms with Gasteiger partial charge in [0.25, 0.3) is 0 Å². The molecule has 0 aromatic heterocycles. The van der Waals surface area contributed by atoms with Crippen LogP contribution in [0, 0.1) is 5.41 Å². The molecule has 0 fully saturated rings. The second-order valence-corrected chi connectivity index (χ2v) is 17.2. The number of hydrogen-bond acceptors (Lipinski definition) is 5. The molecule has 3 aromatic rings. The third-order valence-corrected chi connectivity index (χ3v) is 12.4. The highest BCUT2D eigenvalue weighted by atomic mass is 16.3. The predicted octanol–water partition coefficient (Wildman–Crippen LogP) is 12.9. The van der Waals surface area contributed by atoms with E-state index in [2.05, 4.69) is 148 Å². The van der Waals surface area contributed by atoms with Crippen molar-refractivity contribution in [1.82, 2.24) is 5.32 Å². The molecule has 0 spiro atoms. The highest BCUT2D eigenvalue weighted by molar-refractivity contribution is 5.82. The number of amides is 1. The van der Waals surface area contributed by atoms with Gasteiger partial charge in [0, 0.05) is 62.9 Å². The molecule has 3 aromatic carbocycles. The Balaban J connectivity index is 1.55. The van der Waals surface area contributed by atoms with Crippen LogP contribution in [-0.4, -0.2) is 56.8 Å². The molecule has 58 heavy (non-hydrogen) atoms. The Bertz CT molecular complexity index is 1450. The maximum absolute atomic E-state index is 13.4. The lowest BCUT2D eigenvalue weighted by Gasteiger charge is -2.34. The van der Waals surface area contributed by atoms with Crippen molar-refractivity contribution in [2.45, 2.75) is 164 Å². The van der Waals surface area contributed by atoms with Gasteiger partial charge in [-0.05, 0) is 108 Å². The van der Waals surface area contributed by atoms with Gasteiger partial charge in [-0.25, -0.2) is 0 Å². The van der Waals surface area contributed by atoms with E-state index in [0.717, 1.165) is 79.4 Å². The van der Waals surface area contributed by atoms with Gasteiger partial charge in [-0.3, -0.25) is 4.79 Å². The first-order valence-electron chi connectivity index (χ1n) is 23.7. The summed E-state index contributed by atoms with van der Waals surface area (Å²) in [5.41, 5.74) is 3.93. The first-order chi connectivity index (χ1) is 28.1. The third-order valence-electron chi connectivity index (χ3n) is 12.4. The zero-order valence-electron chi connectivity index (χ0n) is 38.4. The molecule has 0 unspecified atom stereocenters. The Labute approximate surface area is 356 Å². The molecule has 0 bridgehead atoms. The number of aliphatic hydroxyl groups is 1. The van der Waals surface area contributed by atoms with E-state index in [-0.39, 0.29) is 5.91 Å². The van der Waals surface area contributed by atoms with Crippen molar-refractivity contribution in [2.24, 2.45) is 5.41 Å². The van der Waals surface area contributed by atoms with E-state index in [4.69, 9.17) is 0 Å². The molecule has 1 amide bonds. The van der Waals surface area contributed by atoms with Crippen molar-refractivity contribution in [3.8, 4) is 0 Å². The standard InChI is InChI=1S/C52H84N4O2/c1-9-15-16-17-18-19-20-21-22-23-24-25-26-27-28-29-42-53-50(57)51(7,8)43-56(14-6)49-40-34-46(35-41-49)52(58,44-30-36-47(37-31-44)54(10-2)11-3)45-32-38-48(39-33-45)55(12-4)13-5/h30-41,58H,9-29,42-43H2,1-8H3,(H,53,57). The van der Waals surface area contributed by atoms with E-state index < -0.39 is 11.0 Å². The van der Waals surface area contributed by atoms with Gasteiger partial charge in [-0.1, -0.05) is 140 Å². The number of anilines is 3. The van der Waals surface area contributed by atoms with E-state index in [1.165, 1.54) is 96.3 Å². The summed E-state index contributed by atoms with van der Waals surface area (Å²) >= 11 is 0. The van der Waals surface area contributed by atoms with Crippen molar-refractivity contribution in [2.75, 3.05) is 60.5 Å². The van der Waals surface area contributed by atoms with Gasteiger partial charge in [0.05, 0.1) is 5.41 Å². The van der Waals surface area contributed by atoms with Crippen LogP contribution in [-0.2, 0) is 10.4 Å². The van der Waals surface area contributed by atoms with Crippen LogP contribution < -0.4 is 20.0 Å². The van der Waals surface area contributed by atoms with E-state index in [1.807, 2.05) is 0 Å². The van der Waals surface area contributed by atoms with Gasteiger partial charge in [0.2, 0.25) is 5.91 Å². The summed E-state index contributed by atoms with van der Waals surface area (Å²) in [6.07, 6.45) is 21.6. The van der Waals surface area contributed by atoms with Crippen LogP contribution in [0.1, 0.15) is 175 Å². The molecule has 0 aliphatic heterocycles. The van der Waals surface area contributed by atoms with Crippen molar-refractivity contribution in [3.05, 3.63) is 89.5 Å². The summed E-state index contributed by atoms with van der Waals surface area (Å²) in [4.78, 5) is 20.3. The van der Waals surface area contributed by atoms with E-state index in [9.17, 15) is 9.90 Å². The van der Waals surface area contributed by atoms with Gasteiger partial charge in [0.15, 0.2) is 0 Å². The fourth-order valence-corrected chi connectivity index (χ4v) is 8.47. The lowest BCUT2D eigenvalue weighted by molar-refractivity contribution is -0.128. The molecule has 6 nitrogen and oxygen atoms in total. The first-order valence-corrected chi connectivity index (χ1v) is 23.7. The summed E-state index contributed by atoms with van der Waals surface area (Å²) in [5, 5.41) is 16.1. The average molecular weight is 797 g/mol. The third kappa shape index (κ3) is 14.9. The van der Waals surface area contributed by atoms with Crippen LogP contribution in [0.5, 0.6) is 0 Å². The molecule has 0 radical (unpaired) electrons. The maximum atomic E-state index is 13.4. The van der Waals surface area contributed by atoms with Gasteiger partial charge in [0.1, 0.15) is 5.60 Å². The van der Waals surface area contributed by atoms with Crippen LogP contribution in [0.25, 0.3) is 0 Å². The molecular formula is C52H84N4O2. The van der Waals surface area contributed by atoms with E-state index in [1.54, 1.807) is 0 Å². The Morgan fingerprint density at radius 3 is 1.07 bits per heavy atom. The Morgan fingerprint density at radius 2 is 0.759 bits per heavy atom. The summed E-state index contributed by atoms with van der Waals surface area (Å²) in [7, 11) is 0. The number of rotatable bonds is 31. The molecule has 2 N–H and O–H groups in total. The largest absolute Gasteiger partial charge is 0.376 e. The molecule has 3 rings (SSSR count). The van der Waals surface area contributed by atoms with E-state index >= 15 is 0 Å². The zero-order chi connectivity index (χ0) is 42.2. The highest BCUT2D eigenvalue weighted by Gasteiger charge is 2.35. The molecule has 0 saturated carbocycles. The number of nitrogens with one attached hydrogen (secondary N) is 1. The van der Waals surface area contributed by atoms with Gasteiger partial charge in [-0.15, -0.1) is 0 Å². The van der Waals surface area contributed by atoms with Gasteiger partial charge >= 0.3 is 0 Å². The summed E-state index contributed by atoms with van der Waals surface area (Å²) in [5.74, 6) is 0.110. The number of carbonyl (C=O) groups excluding carboxylic acids is 1. The number of carbonyl (C=O) groups is 1. The summed E-state index contributed by atoms with van der Waals surface area (Å²) < 4.78 is 0. The normalized spacial score (nSPS) is 11.8. The average Bonchev–Trinajstić information content (AvgIpc) is 3.25. The Morgan fingerprint density at radius 1 is 0.466 bits per heavy atom. The SMILES string of the molecule is CCCCCCCCCCCCCCCCCCNC(=O)C(C)(C)CN(CC)c1ccc(C(O)(c2ccc(N(CC)CC)cc2)c2ccc(N(CC)CC)cc2)cc1. The molecule has 6 heteroatoms. The Hall–Kier alpha value is -3.51. The molecule has 0 atom stereocenters. The Kier molecular flexibility index (Phi) is 22.4. The fourth-order valence-electron chi connectivity index (χ4n) is 8.47. The smallest absolute Gasteiger partial charge is 0.227 e. The summed E-state index contributed by atoms with van der Waals surface area (Å²) in [6.45, 7) is 23.1.